The molecule has 0 heterocycles. The largest absolute Gasteiger partial charge is 0.490 e. The smallest absolute Gasteiger partial charge is 0.343 e. The van der Waals surface area contributed by atoms with Crippen LogP contribution in [0.2, 0.25) is 10.0 Å². The van der Waals surface area contributed by atoms with Gasteiger partial charge in [-0.25, -0.2) is 9.59 Å². The molecule has 29 heavy (non-hydrogen) atoms. The van der Waals surface area contributed by atoms with Gasteiger partial charge >= 0.3 is 11.9 Å². The Morgan fingerprint density at radius 1 is 0.690 bits per heavy atom. The topological polar surface area (TPSA) is 61.8 Å². The van der Waals surface area contributed by atoms with Crippen LogP contribution in [0.25, 0.3) is 0 Å². The lowest BCUT2D eigenvalue weighted by atomic mass is 10.2. The van der Waals surface area contributed by atoms with Crippen LogP contribution in [0.3, 0.4) is 0 Å². The molecule has 148 valence electrons. The van der Waals surface area contributed by atoms with Crippen molar-refractivity contribution in [2.24, 2.45) is 0 Å². The molecule has 0 aliphatic carbocycles. The van der Waals surface area contributed by atoms with Gasteiger partial charge in [-0.2, -0.15) is 0 Å². The minimum Gasteiger partial charge on any atom is -0.490 e. The summed E-state index contributed by atoms with van der Waals surface area (Å²) in [5.41, 5.74) is 0.452. The van der Waals surface area contributed by atoms with Crippen LogP contribution < -0.4 is 9.47 Å². The number of carbonyl (C=O) groups is 2. The zero-order valence-electron chi connectivity index (χ0n) is 15.1. The first-order valence-corrected chi connectivity index (χ1v) is 9.40. The SMILES string of the molecule is O=C(OCCOc1ccccc1)c1cccc(OC(=O)c2cc(Cl)cc(Cl)c2)c1. The van der Waals surface area contributed by atoms with Crippen molar-refractivity contribution in [3.63, 3.8) is 0 Å². The summed E-state index contributed by atoms with van der Waals surface area (Å²) in [7, 11) is 0. The van der Waals surface area contributed by atoms with Gasteiger partial charge in [-0.1, -0.05) is 47.5 Å². The Hall–Kier alpha value is -3.02. The summed E-state index contributed by atoms with van der Waals surface area (Å²) in [4.78, 5) is 24.5. The van der Waals surface area contributed by atoms with Gasteiger partial charge in [0.15, 0.2) is 0 Å². The summed E-state index contributed by atoms with van der Waals surface area (Å²) in [6.07, 6.45) is 0. The molecular formula is C22H16Cl2O5. The van der Waals surface area contributed by atoms with Crippen LogP contribution in [0, 0.1) is 0 Å². The summed E-state index contributed by atoms with van der Waals surface area (Å²) < 4.78 is 16.0. The quantitative estimate of drug-likeness (QED) is 0.283. The minimum absolute atomic E-state index is 0.0821. The molecule has 0 N–H and O–H groups in total. The molecule has 3 aromatic rings. The molecule has 0 aromatic heterocycles. The van der Waals surface area contributed by atoms with Gasteiger partial charge in [0.25, 0.3) is 0 Å². The van der Waals surface area contributed by atoms with Gasteiger partial charge < -0.3 is 14.2 Å². The molecule has 7 heteroatoms. The molecule has 5 nitrogen and oxygen atoms in total. The predicted octanol–water partition coefficient (Wildman–Crippen LogP) is 5.45. The molecule has 0 bridgehead atoms. The average molecular weight is 431 g/mol. The van der Waals surface area contributed by atoms with Crippen molar-refractivity contribution in [3.8, 4) is 11.5 Å². The second-order valence-electron chi connectivity index (χ2n) is 5.87. The number of esters is 2. The van der Waals surface area contributed by atoms with Crippen molar-refractivity contribution in [1.29, 1.82) is 0 Å². The van der Waals surface area contributed by atoms with Crippen molar-refractivity contribution < 1.29 is 23.8 Å². The first-order valence-electron chi connectivity index (χ1n) is 8.64. The Morgan fingerprint density at radius 3 is 2.10 bits per heavy atom. The first kappa shape index (κ1) is 20.7. The van der Waals surface area contributed by atoms with E-state index in [9.17, 15) is 9.59 Å². The lowest BCUT2D eigenvalue weighted by Gasteiger charge is -2.09. The van der Waals surface area contributed by atoms with E-state index in [1.54, 1.807) is 18.2 Å². The highest BCUT2D eigenvalue weighted by atomic mass is 35.5. The van der Waals surface area contributed by atoms with E-state index in [1.165, 1.54) is 24.3 Å². The van der Waals surface area contributed by atoms with E-state index in [0.29, 0.717) is 15.8 Å². The van der Waals surface area contributed by atoms with Crippen LogP contribution in [0.1, 0.15) is 20.7 Å². The van der Waals surface area contributed by atoms with E-state index < -0.39 is 11.9 Å². The number of hydrogen-bond acceptors (Lipinski definition) is 5. The van der Waals surface area contributed by atoms with Crippen LogP contribution in [0.4, 0.5) is 0 Å². The molecule has 0 atom stereocenters. The van der Waals surface area contributed by atoms with E-state index in [0.717, 1.165) is 0 Å². The maximum atomic E-state index is 12.3. The fourth-order valence-electron chi connectivity index (χ4n) is 2.42. The minimum atomic E-state index is -0.642. The van der Waals surface area contributed by atoms with E-state index in [-0.39, 0.29) is 30.1 Å². The summed E-state index contributed by atoms with van der Waals surface area (Å²) in [5, 5.41) is 0.638. The van der Waals surface area contributed by atoms with Gasteiger partial charge in [-0.05, 0) is 48.5 Å². The van der Waals surface area contributed by atoms with Crippen LogP contribution in [-0.4, -0.2) is 25.2 Å². The lowest BCUT2D eigenvalue weighted by Crippen LogP contribution is -2.13. The van der Waals surface area contributed by atoms with E-state index in [4.69, 9.17) is 37.4 Å². The zero-order chi connectivity index (χ0) is 20.6. The van der Waals surface area contributed by atoms with Crippen LogP contribution >= 0.6 is 23.2 Å². The third kappa shape index (κ3) is 6.24. The summed E-state index contributed by atoms with van der Waals surface area (Å²) >= 11 is 11.8. The van der Waals surface area contributed by atoms with Gasteiger partial charge in [0.2, 0.25) is 0 Å². The van der Waals surface area contributed by atoms with E-state index >= 15 is 0 Å². The molecule has 0 aliphatic heterocycles. The summed E-state index contributed by atoms with van der Waals surface area (Å²) in [5.74, 6) is -0.304. The van der Waals surface area contributed by atoms with Crippen LogP contribution in [0.15, 0.2) is 72.8 Å². The Labute approximate surface area is 177 Å². The Balaban J connectivity index is 1.55. The molecule has 0 saturated heterocycles. The van der Waals surface area contributed by atoms with Crippen molar-refractivity contribution in [3.05, 3.63) is 94.0 Å². The monoisotopic (exact) mass is 430 g/mol. The van der Waals surface area contributed by atoms with Crippen molar-refractivity contribution in [2.75, 3.05) is 13.2 Å². The zero-order valence-corrected chi connectivity index (χ0v) is 16.7. The number of para-hydroxylation sites is 1. The highest BCUT2D eigenvalue weighted by Crippen LogP contribution is 2.21. The number of rotatable bonds is 7. The molecule has 0 unspecified atom stereocenters. The fourth-order valence-corrected chi connectivity index (χ4v) is 2.94. The molecule has 0 radical (unpaired) electrons. The second kappa shape index (κ2) is 9.96. The molecule has 3 rings (SSSR count). The highest BCUT2D eigenvalue weighted by Gasteiger charge is 2.13. The predicted molar refractivity (Wildman–Crippen MR) is 110 cm³/mol. The Bertz CT molecular complexity index is 985. The number of benzene rings is 3. The normalized spacial score (nSPS) is 10.3. The van der Waals surface area contributed by atoms with Gasteiger partial charge in [-0.3, -0.25) is 0 Å². The first-order chi connectivity index (χ1) is 14.0. The lowest BCUT2D eigenvalue weighted by molar-refractivity contribution is 0.0449. The van der Waals surface area contributed by atoms with Gasteiger partial charge in [0, 0.05) is 10.0 Å². The average Bonchev–Trinajstić information content (AvgIpc) is 2.71. The molecule has 0 saturated carbocycles. The molecule has 3 aromatic carbocycles. The van der Waals surface area contributed by atoms with E-state index in [1.807, 2.05) is 30.3 Å². The molecule has 0 fully saturated rings. The standard InChI is InChI=1S/C22H16Cl2O5/c23-17-11-16(12-18(24)14-17)22(26)29-20-8-4-5-15(13-20)21(25)28-10-9-27-19-6-2-1-3-7-19/h1-8,11-14H,9-10H2. The summed E-state index contributed by atoms with van der Waals surface area (Å²) in [6.45, 7) is 0.304. The third-order valence-electron chi connectivity index (χ3n) is 3.71. The fraction of sp³-hybridized carbons (Fsp3) is 0.0909. The summed E-state index contributed by atoms with van der Waals surface area (Å²) in [6, 6.07) is 19.7. The van der Waals surface area contributed by atoms with Crippen molar-refractivity contribution in [1.82, 2.24) is 0 Å². The van der Waals surface area contributed by atoms with Gasteiger partial charge in [0.05, 0.1) is 11.1 Å². The Kier molecular flexibility index (Phi) is 7.11. The van der Waals surface area contributed by atoms with Crippen molar-refractivity contribution >= 4 is 35.1 Å². The van der Waals surface area contributed by atoms with E-state index in [2.05, 4.69) is 0 Å². The van der Waals surface area contributed by atoms with Gasteiger partial charge in [0.1, 0.15) is 24.7 Å². The molecular weight excluding hydrogens is 415 g/mol. The number of halogens is 2. The number of carbonyl (C=O) groups excluding carboxylic acids is 2. The number of hydrogen-bond donors (Lipinski definition) is 0. The maximum Gasteiger partial charge on any atom is 0.343 e. The van der Waals surface area contributed by atoms with Crippen molar-refractivity contribution in [2.45, 2.75) is 0 Å². The van der Waals surface area contributed by atoms with Gasteiger partial charge in [-0.15, -0.1) is 0 Å². The highest BCUT2D eigenvalue weighted by molar-refractivity contribution is 6.35. The van der Waals surface area contributed by atoms with Crippen LogP contribution in [0.5, 0.6) is 11.5 Å². The second-order valence-corrected chi connectivity index (χ2v) is 6.75. The maximum absolute atomic E-state index is 12.3. The third-order valence-corrected chi connectivity index (χ3v) is 4.14. The molecule has 0 amide bonds. The molecule has 0 spiro atoms. The Morgan fingerprint density at radius 2 is 1.38 bits per heavy atom. The van der Waals surface area contributed by atoms with Crippen LogP contribution in [-0.2, 0) is 4.74 Å². The molecule has 0 aliphatic rings. The number of ether oxygens (including phenoxy) is 3.